The molecule has 5 aromatic rings. The Morgan fingerprint density at radius 3 is 2.46 bits per heavy atom. The highest BCUT2D eigenvalue weighted by atomic mass is 32.1. The number of hydrogen-bond acceptors (Lipinski definition) is 7. The Hall–Kier alpha value is -4.95. The van der Waals surface area contributed by atoms with Gasteiger partial charge in [0, 0.05) is 22.2 Å². The van der Waals surface area contributed by atoms with Crippen molar-refractivity contribution in [1.29, 1.82) is 0 Å². The molecule has 5 rings (SSSR count). The molecule has 1 aromatic heterocycles. The molecule has 0 saturated carbocycles. The van der Waals surface area contributed by atoms with Gasteiger partial charge in [-0.3, -0.25) is 4.79 Å². The van der Waals surface area contributed by atoms with Gasteiger partial charge in [-0.25, -0.2) is 10.4 Å². The van der Waals surface area contributed by atoms with E-state index >= 15 is 0 Å². The summed E-state index contributed by atoms with van der Waals surface area (Å²) in [5.74, 6) is 0.965. The van der Waals surface area contributed by atoms with E-state index in [1.54, 1.807) is 18.3 Å². The lowest BCUT2D eigenvalue weighted by Gasteiger charge is -2.12. The minimum absolute atomic E-state index is 0.305. The van der Waals surface area contributed by atoms with Crippen LogP contribution in [0.5, 0.6) is 11.5 Å². The maximum absolute atomic E-state index is 12.7. The normalized spacial score (nSPS) is 10.9. The Labute approximate surface area is 243 Å². The van der Waals surface area contributed by atoms with Crippen LogP contribution in [0.4, 0.5) is 10.8 Å². The average molecular weight is 563 g/mol. The largest absolute Gasteiger partial charge is 0.490 e. The van der Waals surface area contributed by atoms with Gasteiger partial charge >= 0.3 is 0 Å². The fraction of sp³-hybridized carbons (Fsp3) is 0.121. The highest BCUT2D eigenvalue weighted by molar-refractivity contribution is 7.14. The second-order valence-corrected chi connectivity index (χ2v) is 10.1. The number of nitrogens with one attached hydrogen (secondary N) is 2. The molecule has 0 radical (unpaired) electrons. The van der Waals surface area contributed by atoms with E-state index in [9.17, 15) is 4.79 Å². The number of aromatic nitrogens is 1. The van der Waals surface area contributed by atoms with Crippen LogP contribution in [-0.2, 0) is 6.61 Å². The van der Waals surface area contributed by atoms with Crippen molar-refractivity contribution in [3.8, 4) is 22.8 Å². The first kappa shape index (κ1) is 27.6. The number of thiazole rings is 1. The van der Waals surface area contributed by atoms with Gasteiger partial charge in [0.05, 0.1) is 18.5 Å². The molecule has 0 saturated heterocycles. The van der Waals surface area contributed by atoms with Crippen LogP contribution in [0.15, 0.2) is 108 Å². The van der Waals surface area contributed by atoms with Gasteiger partial charge < -0.3 is 14.8 Å². The smallest absolute Gasteiger partial charge is 0.271 e. The van der Waals surface area contributed by atoms with Crippen LogP contribution in [-0.4, -0.2) is 23.7 Å². The Balaban J connectivity index is 1.17. The number of hydrogen-bond donors (Lipinski definition) is 2. The van der Waals surface area contributed by atoms with Crippen molar-refractivity contribution in [3.05, 3.63) is 125 Å². The third-order valence-electron chi connectivity index (χ3n) is 6.13. The molecule has 0 bridgehead atoms. The summed E-state index contributed by atoms with van der Waals surface area (Å²) in [7, 11) is 0. The van der Waals surface area contributed by atoms with E-state index in [1.807, 2.05) is 85.1 Å². The predicted octanol–water partition coefficient (Wildman–Crippen LogP) is 7.60. The summed E-state index contributed by atoms with van der Waals surface area (Å²) in [5.41, 5.74) is 8.90. The second-order valence-electron chi connectivity index (χ2n) is 9.22. The Bertz CT molecular complexity index is 1620. The molecule has 0 atom stereocenters. The monoisotopic (exact) mass is 562 g/mol. The average Bonchev–Trinajstić information content (AvgIpc) is 3.47. The predicted molar refractivity (Wildman–Crippen MR) is 165 cm³/mol. The fourth-order valence-corrected chi connectivity index (χ4v) is 4.71. The summed E-state index contributed by atoms with van der Waals surface area (Å²) >= 11 is 1.53. The molecular formula is C33H30N4O3S. The van der Waals surface area contributed by atoms with E-state index in [0.717, 1.165) is 33.2 Å². The molecule has 1 heterocycles. The third-order valence-corrected chi connectivity index (χ3v) is 6.89. The molecule has 41 heavy (non-hydrogen) atoms. The summed E-state index contributed by atoms with van der Waals surface area (Å²) in [6, 6.07) is 31.0. The standard InChI is InChI=1S/C33H30N4O3S/c1-3-39-31-19-25(13-18-30(31)40-21-24-11-9-23(2)10-12-24)20-34-37-32(38)27-16-14-26(15-17-27)29-22-41-33(36-29)35-28-7-5-4-6-8-28/h4-20,22H,3,21H2,1-2H3,(H,35,36)(H,37,38)/b34-20-. The van der Waals surface area contributed by atoms with E-state index in [2.05, 4.69) is 39.9 Å². The molecule has 0 spiro atoms. The molecule has 7 nitrogen and oxygen atoms in total. The van der Waals surface area contributed by atoms with E-state index < -0.39 is 0 Å². The summed E-state index contributed by atoms with van der Waals surface area (Å²) in [4.78, 5) is 17.3. The van der Waals surface area contributed by atoms with Crippen molar-refractivity contribution < 1.29 is 14.3 Å². The van der Waals surface area contributed by atoms with Crippen molar-refractivity contribution in [2.24, 2.45) is 5.10 Å². The number of ether oxygens (including phenoxy) is 2. The van der Waals surface area contributed by atoms with Crippen LogP contribution < -0.4 is 20.2 Å². The van der Waals surface area contributed by atoms with Crippen molar-refractivity contribution in [2.75, 3.05) is 11.9 Å². The molecule has 2 N–H and O–H groups in total. The number of rotatable bonds is 11. The van der Waals surface area contributed by atoms with Gasteiger partial charge in [-0.15, -0.1) is 11.3 Å². The SMILES string of the molecule is CCOc1cc(/C=N\NC(=O)c2ccc(-c3csc(Nc4ccccc4)n3)cc2)ccc1OCc1ccc(C)cc1. The van der Waals surface area contributed by atoms with Gasteiger partial charge in [-0.1, -0.05) is 60.2 Å². The number of nitrogens with zero attached hydrogens (tertiary/aromatic N) is 2. The molecule has 0 unspecified atom stereocenters. The van der Waals surface area contributed by atoms with Crippen molar-refractivity contribution in [2.45, 2.75) is 20.5 Å². The Kier molecular flexibility index (Phi) is 9.03. The van der Waals surface area contributed by atoms with Gasteiger partial charge in [0.1, 0.15) is 6.61 Å². The van der Waals surface area contributed by atoms with Crippen LogP contribution in [0, 0.1) is 6.92 Å². The van der Waals surface area contributed by atoms with Crippen LogP contribution in [0.1, 0.15) is 34.0 Å². The molecule has 8 heteroatoms. The zero-order chi connectivity index (χ0) is 28.4. The Morgan fingerprint density at radius 1 is 0.927 bits per heavy atom. The van der Waals surface area contributed by atoms with E-state index in [1.165, 1.54) is 16.9 Å². The van der Waals surface area contributed by atoms with Gasteiger partial charge in [0.2, 0.25) is 0 Å². The summed E-state index contributed by atoms with van der Waals surface area (Å²) in [6.07, 6.45) is 1.58. The second kappa shape index (κ2) is 13.4. The van der Waals surface area contributed by atoms with Gasteiger partial charge in [-0.2, -0.15) is 5.10 Å². The molecule has 1 amide bonds. The number of benzene rings is 4. The van der Waals surface area contributed by atoms with Crippen LogP contribution in [0.3, 0.4) is 0 Å². The highest BCUT2D eigenvalue weighted by Gasteiger charge is 2.09. The minimum Gasteiger partial charge on any atom is -0.490 e. The molecule has 0 aliphatic heterocycles. The first-order chi connectivity index (χ1) is 20.1. The van der Waals surface area contributed by atoms with Crippen LogP contribution >= 0.6 is 11.3 Å². The van der Waals surface area contributed by atoms with Gasteiger partial charge in [0.15, 0.2) is 16.6 Å². The van der Waals surface area contributed by atoms with Crippen molar-refractivity contribution in [1.82, 2.24) is 10.4 Å². The van der Waals surface area contributed by atoms with E-state index in [4.69, 9.17) is 9.47 Å². The lowest BCUT2D eigenvalue weighted by atomic mass is 10.1. The third kappa shape index (κ3) is 7.58. The number of anilines is 2. The summed E-state index contributed by atoms with van der Waals surface area (Å²) in [5, 5.41) is 10.2. The number of para-hydroxylation sites is 1. The fourth-order valence-electron chi connectivity index (χ4n) is 3.97. The number of carbonyl (C=O) groups is 1. The molecule has 0 aliphatic carbocycles. The van der Waals surface area contributed by atoms with Crippen molar-refractivity contribution in [3.63, 3.8) is 0 Å². The van der Waals surface area contributed by atoms with Crippen LogP contribution in [0.2, 0.25) is 0 Å². The maximum Gasteiger partial charge on any atom is 0.271 e. The lowest BCUT2D eigenvalue weighted by Crippen LogP contribution is -2.17. The van der Waals surface area contributed by atoms with Gasteiger partial charge in [0.25, 0.3) is 5.91 Å². The van der Waals surface area contributed by atoms with E-state index in [-0.39, 0.29) is 5.91 Å². The number of aryl methyl sites for hydroxylation is 1. The highest BCUT2D eigenvalue weighted by Crippen LogP contribution is 2.29. The molecule has 4 aromatic carbocycles. The van der Waals surface area contributed by atoms with Crippen LogP contribution in [0.25, 0.3) is 11.3 Å². The molecule has 0 fully saturated rings. The first-order valence-electron chi connectivity index (χ1n) is 13.2. The molecule has 0 aliphatic rings. The minimum atomic E-state index is -0.305. The molecular weight excluding hydrogens is 532 g/mol. The maximum atomic E-state index is 12.7. The topological polar surface area (TPSA) is 84.8 Å². The number of amides is 1. The van der Waals surface area contributed by atoms with Crippen molar-refractivity contribution >= 4 is 34.3 Å². The lowest BCUT2D eigenvalue weighted by molar-refractivity contribution is 0.0955. The first-order valence-corrected chi connectivity index (χ1v) is 14.1. The zero-order valence-corrected chi connectivity index (χ0v) is 23.7. The van der Waals surface area contributed by atoms with Gasteiger partial charge in [-0.05, 0) is 67.4 Å². The summed E-state index contributed by atoms with van der Waals surface area (Å²) < 4.78 is 11.8. The summed E-state index contributed by atoms with van der Waals surface area (Å²) in [6.45, 7) is 4.92. The van der Waals surface area contributed by atoms with E-state index in [0.29, 0.717) is 30.3 Å². The quantitative estimate of drug-likeness (QED) is 0.128. The zero-order valence-electron chi connectivity index (χ0n) is 22.8. The Morgan fingerprint density at radius 2 is 1.71 bits per heavy atom. The number of carbonyl (C=O) groups excluding carboxylic acids is 1. The number of hydrazone groups is 1. The molecule has 206 valence electrons.